The first-order valence-corrected chi connectivity index (χ1v) is 13.0. The van der Waals surface area contributed by atoms with Gasteiger partial charge in [0, 0.05) is 51.9 Å². The zero-order chi connectivity index (χ0) is 24.0. The molecular formula is C24H34N4O4S. The van der Waals surface area contributed by atoms with Gasteiger partial charge in [0.1, 0.15) is 10.6 Å². The molecule has 33 heavy (non-hydrogen) atoms. The highest BCUT2D eigenvalue weighted by atomic mass is 32.2. The summed E-state index contributed by atoms with van der Waals surface area (Å²) in [5.41, 5.74) is 1.49. The summed E-state index contributed by atoms with van der Waals surface area (Å²) in [7, 11) is -1.93. The van der Waals surface area contributed by atoms with Gasteiger partial charge in [-0.25, -0.2) is 8.42 Å². The summed E-state index contributed by atoms with van der Waals surface area (Å²) in [6.45, 7) is 5.38. The number of sulfonamides is 1. The van der Waals surface area contributed by atoms with Crippen LogP contribution in [0.3, 0.4) is 0 Å². The summed E-state index contributed by atoms with van der Waals surface area (Å²) in [6.07, 6.45) is 4.00. The Morgan fingerprint density at radius 2 is 1.73 bits per heavy atom. The monoisotopic (exact) mass is 474 g/mol. The molecule has 3 rings (SSSR count). The van der Waals surface area contributed by atoms with Crippen LogP contribution in [0.4, 0.5) is 0 Å². The maximum atomic E-state index is 13.1. The predicted molar refractivity (Wildman–Crippen MR) is 127 cm³/mol. The molecule has 0 radical (unpaired) electrons. The number of amides is 2. The molecule has 1 fully saturated rings. The number of aryl methyl sites for hydroxylation is 2. The average molecular weight is 475 g/mol. The molecule has 1 aliphatic rings. The van der Waals surface area contributed by atoms with E-state index in [0.29, 0.717) is 57.6 Å². The van der Waals surface area contributed by atoms with Crippen LogP contribution in [-0.4, -0.2) is 66.2 Å². The zero-order valence-corrected chi connectivity index (χ0v) is 20.5. The molecule has 1 aliphatic heterocycles. The van der Waals surface area contributed by atoms with Gasteiger partial charge in [0.05, 0.1) is 0 Å². The van der Waals surface area contributed by atoms with Gasteiger partial charge in [-0.1, -0.05) is 44.2 Å². The number of nitrogens with one attached hydrogen (secondary N) is 1. The third-order valence-electron chi connectivity index (χ3n) is 6.17. The average Bonchev–Trinajstić information content (AvgIpc) is 3.21. The fraction of sp³-hybridized carbons (Fsp3) is 0.500. The first-order valence-electron chi connectivity index (χ1n) is 11.5. The van der Waals surface area contributed by atoms with Crippen LogP contribution in [0.5, 0.6) is 0 Å². The van der Waals surface area contributed by atoms with Crippen LogP contribution >= 0.6 is 0 Å². The quantitative estimate of drug-likeness (QED) is 0.604. The van der Waals surface area contributed by atoms with Gasteiger partial charge in [-0.2, -0.15) is 4.31 Å². The normalized spacial score (nSPS) is 15.1. The molecule has 1 aromatic carbocycles. The van der Waals surface area contributed by atoms with Gasteiger partial charge in [-0.05, 0) is 30.9 Å². The van der Waals surface area contributed by atoms with Crippen molar-refractivity contribution in [3.63, 3.8) is 0 Å². The Hall–Kier alpha value is -2.65. The lowest BCUT2D eigenvalue weighted by Crippen LogP contribution is -2.46. The Morgan fingerprint density at radius 1 is 1.09 bits per heavy atom. The van der Waals surface area contributed by atoms with Gasteiger partial charge in [0.2, 0.25) is 15.9 Å². The first-order chi connectivity index (χ1) is 15.8. The van der Waals surface area contributed by atoms with Gasteiger partial charge >= 0.3 is 0 Å². The molecule has 0 spiro atoms. The maximum absolute atomic E-state index is 13.1. The van der Waals surface area contributed by atoms with E-state index in [9.17, 15) is 18.0 Å². The third kappa shape index (κ3) is 6.03. The van der Waals surface area contributed by atoms with Gasteiger partial charge in [-0.3, -0.25) is 9.59 Å². The number of likely N-dealkylation sites (tertiary alicyclic amines) is 1. The number of hydrogen-bond donors (Lipinski definition) is 1. The van der Waals surface area contributed by atoms with E-state index in [1.165, 1.54) is 16.6 Å². The van der Waals surface area contributed by atoms with E-state index in [1.54, 1.807) is 30.4 Å². The van der Waals surface area contributed by atoms with Gasteiger partial charge in [0.15, 0.2) is 0 Å². The Labute approximate surface area is 196 Å². The Morgan fingerprint density at radius 3 is 2.33 bits per heavy atom. The molecule has 180 valence electrons. The van der Waals surface area contributed by atoms with E-state index >= 15 is 0 Å². The van der Waals surface area contributed by atoms with Crippen LogP contribution in [0, 0.1) is 0 Å². The molecule has 0 atom stereocenters. The molecular weight excluding hydrogens is 440 g/mol. The molecule has 1 saturated heterocycles. The van der Waals surface area contributed by atoms with Crippen molar-refractivity contribution in [1.29, 1.82) is 0 Å². The topological polar surface area (TPSA) is 91.7 Å². The minimum atomic E-state index is -3.62. The summed E-state index contributed by atoms with van der Waals surface area (Å²) >= 11 is 0. The van der Waals surface area contributed by atoms with E-state index < -0.39 is 10.0 Å². The molecule has 0 aliphatic carbocycles. The Kier molecular flexibility index (Phi) is 8.31. The molecule has 1 aromatic heterocycles. The fourth-order valence-electron chi connectivity index (χ4n) is 4.19. The highest BCUT2D eigenvalue weighted by molar-refractivity contribution is 7.89. The standard InChI is InChI=1S/C24H34N4O4S/c1-4-28(5-2)33(31,32)21-17-22(26(3)18-21)24(30)27-15-13-20(14-16-27)25-23(29)12-11-19-9-7-6-8-10-19/h6-10,17-18,20H,4-5,11-16H2,1-3H3,(H,25,29). The van der Waals surface area contributed by atoms with Crippen LogP contribution in [-0.2, 0) is 28.3 Å². The minimum absolute atomic E-state index is 0.0253. The van der Waals surface area contributed by atoms with Crippen LogP contribution in [0.25, 0.3) is 0 Å². The highest BCUT2D eigenvalue weighted by Crippen LogP contribution is 2.21. The fourth-order valence-corrected chi connectivity index (χ4v) is 5.72. The van der Waals surface area contributed by atoms with Crippen LogP contribution in [0.2, 0.25) is 0 Å². The minimum Gasteiger partial charge on any atom is -0.353 e. The van der Waals surface area contributed by atoms with Gasteiger partial charge < -0.3 is 14.8 Å². The van der Waals surface area contributed by atoms with Crippen molar-refractivity contribution in [2.24, 2.45) is 7.05 Å². The van der Waals surface area contributed by atoms with E-state index in [-0.39, 0.29) is 22.8 Å². The Balaban J connectivity index is 1.54. The zero-order valence-electron chi connectivity index (χ0n) is 19.7. The van der Waals surface area contributed by atoms with Crippen LogP contribution in [0.1, 0.15) is 49.2 Å². The summed E-state index contributed by atoms with van der Waals surface area (Å²) in [5.74, 6) is -0.162. The van der Waals surface area contributed by atoms with Crippen LogP contribution < -0.4 is 5.32 Å². The van der Waals surface area contributed by atoms with Crippen molar-refractivity contribution in [3.05, 3.63) is 53.9 Å². The van der Waals surface area contributed by atoms with E-state index in [1.807, 2.05) is 30.3 Å². The van der Waals surface area contributed by atoms with Crippen molar-refractivity contribution in [1.82, 2.24) is 19.1 Å². The van der Waals surface area contributed by atoms with Crippen molar-refractivity contribution < 1.29 is 18.0 Å². The van der Waals surface area contributed by atoms with Gasteiger partial charge in [0.25, 0.3) is 5.91 Å². The number of rotatable bonds is 9. The van der Waals surface area contributed by atoms with Crippen molar-refractivity contribution in [2.75, 3.05) is 26.2 Å². The van der Waals surface area contributed by atoms with E-state index in [2.05, 4.69) is 5.32 Å². The number of aromatic nitrogens is 1. The second kappa shape index (κ2) is 11.0. The molecule has 2 amide bonds. The molecule has 0 unspecified atom stereocenters. The summed E-state index contributed by atoms with van der Waals surface area (Å²) in [6, 6.07) is 11.4. The Bertz CT molecular complexity index is 1050. The smallest absolute Gasteiger partial charge is 0.270 e. The number of carbonyl (C=O) groups excluding carboxylic acids is 2. The summed E-state index contributed by atoms with van der Waals surface area (Å²) < 4.78 is 28.5. The lowest BCUT2D eigenvalue weighted by molar-refractivity contribution is -0.122. The molecule has 2 heterocycles. The van der Waals surface area contributed by atoms with E-state index in [0.717, 1.165) is 5.56 Å². The largest absolute Gasteiger partial charge is 0.353 e. The molecule has 9 heteroatoms. The molecule has 0 saturated carbocycles. The molecule has 2 aromatic rings. The first kappa shape index (κ1) is 25.0. The van der Waals surface area contributed by atoms with Crippen molar-refractivity contribution in [3.8, 4) is 0 Å². The third-order valence-corrected chi connectivity index (χ3v) is 8.19. The number of hydrogen-bond acceptors (Lipinski definition) is 4. The van der Waals surface area contributed by atoms with Gasteiger partial charge in [-0.15, -0.1) is 0 Å². The number of carbonyl (C=O) groups is 2. The van der Waals surface area contributed by atoms with Crippen molar-refractivity contribution in [2.45, 2.75) is 50.5 Å². The lowest BCUT2D eigenvalue weighted by Gasteiger charge is -2.32. The summed E-state index contributed by atoms with van der Waals surface area (Å²) in [5, 5.41) is 3.08. The predicted octanol–water partition coefficient (Wildman–Crippen LogP) is 2.41. The summed E-state index contributed by atoms with van der Waals surface area (Å²) in [4.78, 5) is 27.2. The number of piperidine rings is 1. The molecule has 8 nitrogen and oxygen atoms in total. The highest BCUT2D eigenvalue weighted by Gasteiger charge is 2.29. The molecule has 1 N–H and O–H groups in total. The van der Waals surface area contributed by atoms with Crippen molar-refractivity contribution >= 4 is 21.8 Å². The second-order valence-electron chi connectivity index (χ2n) is 8.38. The maximum Gasteiger partial charge on any atom is 0.270 e. The molecule has 0 bridgehead atoms. The number of benzene rings is 1. The SMILES string of the molecule is CCN(CC)S(=O)(=O)c1cc(C(=O)N2CCC(NC(=O)CCc3ccccc3)CC2)n(C)c1. The number of nitrogens with zero attached hydrogens (tertiary/aromatic N) is 3. The van der Waals surface area contributed by atoms with E-state index in [4.69, 9.17) is 0 Å². The van der Waals surface area contributed by atoms with Crippen LogP contribution in [0.15, 0.2) is 47.5 Å². The lowest BCUT2D eigenvalue weighted by atomic mass is 10.0. The second-order valence-corrected chi connectivity index (χ2v) is 10.3.